The fourth-order valence-corrected chi connectivity index (χ4v) is 3.45. The fourth-order valence-electron chi connectivity index (χ4n) is 3.45. The Bertz CT molecular complexity index is 908. The average molecular weight is 376 g/mol. The molecule has 0 saturated heterocycles. The van der Waals surface area contributed by atoms with Gasteiger partial charge in [0, 0.05) is 12.1 Å². The number of hydrogen-bond acceptors (Lipinski definition) is 2. The van der Waals surface area contributed by atoms with E-state index in [1.807, 2.05) is 37.3 Å². The number of nitrogens with one attached hydrogen (secondary N) is 1. The predicted molar refractivity (Wildman–Crippen MR) is 115 cm³/mol. The lowest BCUT2D eigenvalue weighted by Gasteiger charge is -2.16. The Kier molecular flexibility index (Phi) is 6.70. The number of aryl methyl sites for hydroxylation is 2. The van der Waals surface area contributed by atoms with Crippen molar-refractivity contribution in [1.29, 1.82) is 0 Å². The molecule has 1 N–H and O–H groups in total. The van der Waals surface area contributed by atoms with Crippen LogP contribution in [0.4, 0.5) is 0 Å². The first kappa shape index (κ1) is 19.9. The second kappa shape index (κ2) is 9.41. The van der Waals surface area contributed by atoms with E-state index in [1.54, 1.807) is 6.07 Å². The molecule has 1 heterocycles. The Labute approximate surface area is 167 Å². The van der Waals surface area contributed by atoms with Crippen LogP contribution in [0.3, 0.4) is 0 Å². The van der Waals surface area contributed by atoms with Crippen molar-refractivity contribution >= 4 is 5.91 Å². The zero-order valence-electron chi connectivity index (χ0n) is 17.0. The van der Waals surface area contributed by atoms with E-state index in [1.165, 1.54) is 16.7 Å². The smallest absolute Gasteiger partial charge is 0.287 e. The second-order valence-electron chi connectivity index (χ2n) is 7.28. The quantitative estimate of drug-likeness (QED) is 0.514. The molecule has 1 aromatic heterocycles. The van der Waals surface area contributed by atoms with E-state index in [2.05, 4.69) is 43.4 Å². The highest BCUT2D eigenvalue weighted by Crippen LogP contribution is 2.25. The van der Waals surface area contributed by atoms with Crippen LogP contribution in [0, 0.1) is 6.92 Å². The second-order valence-corrected chi connectivity index (χ2v) is 7.28. The zero-order chi connectivity index (χ0) is 19.9. The number of hydrogen-bond donors (Lipinski definition) is 1. The third kappa shape index (κ3) is 4.92. The van der Waals surface area contributed by atoms with Gasteiger partial charge in [0.25, 0.3) is 5.91 Å². The van der Waals surface area contributed by atoms with E-state index in [-0.39, 0.29) is 5.91 Å². The van der Waals surface area contributed by atoms with E-state index >= 15 is 0 Å². The molecular weight excluding hydrogens is 346 g/mol. The van der Waals surface area contributed by atoms with Gasteiger partial charge in [-0.1, -0.05) is 67.9 Å². The summed E-state index contributed by atoms with van der Waals surface area (Å²) in [6, 6.07) is 20.5. The molecule has 28 heavy (non-hydrogen) atoms. The van der Waals surface area contributed by atoms with E-state index in [9.17, 15) is 4.79 Å². The normalized spacial score (nSPS) is 12.0. The van der Waals surface area contributed by atoms with Crippen LogP contribution in [0.1, 0.15) is 59.9 Å². The molecule has 0 aliphatic heterocycles. The lowest BCUT2D eigenvalue weighted by molar-refractivity contribution is 0.0925. The standard InChI is InChI=1S/C25H29NO2/c1-4-19-7-6-8-22(17-19)20(5-2)15-16-26-25(27)24-14-13-23(28-24)21-11-9-18(3)10-12-21/h6-14,17,20H,4-5,15-16H2,1-3H3,(H,26,27). The molecule has 0 aliphatic rings. The minimum Gasteiger partial charge on any atom is -0.451 e. The van der Waals surface area contributed by atoms with Gasteiger partial charge in [-0.05, 0) is 55.4 Å². The van der Waals surface area contributed by atoms with Gasteiger partial charge in [0.1, 0.15) is 5.76 Å². The van der Waals surface area contributed by atoms with Gasteiger partial charge in [-0.3, -0.25) is 4.79 Å². The van der Waals surface area contributed by atoms with Gasteiger partial charge in [-0.25, -0.2) is 0 Å². The van der Waals surface area contributed by atoms with Crippen molar-refractivity contribution in [2.24, 2.45) is 0 Å². The van der Waals surface area contributed by atoms with E-state index in [0.717, 1.165) is 24.8 Å². The molecular formula is C25H29NO2. The Balaban J connectivity index is 1.57. The van der Waals surface area contributed by atoms with E-state index < -0.39 is 0 Å². The first-order chi connectivity index (χ1) is 13.6. The molecule has 0 saturated carbocycles. The van der Waals surface area contributed by atoms with Crippen molar-refractivity contribution < 1.29 is 9.21 Å². The summed E-state index contributed by atoms with van der Waals surface area (Å²) in [6.45, 7) is 7.06. The minimum absolute atomic E-state index is 0.157. The topological polar surface area (TPSA) is 42.2 Å². The summed E-state index contributed by atoms with van der Waals surface area (Å²) in [4.78, 5) is 12.4. The minimum atomic E-state index is -0.157. The highest BCUT2D eigenvalue weighted by Gasteiger charge is 2.14. The largest absolute Gasteiger partial charge is 0.451 e. The van der Waals surface area contributed by atoms with Crippen molar-refractivity contribution in [2.75, 3.05) is 6.54 Å². The monoisotopic (exact) mass is 375 g/mol. The summed E-state index contributed by atoms with van der Waals surface area (Å²) in [6.07, 6.45) is 3.02. The van der Waals surface area contributed by atoms with Crippen molar-refractivity contribution in [3.63, 3.8) is 0 Å². The number of carbonyl (C=O) groups excluding carboxylic acids is 1. The van der Waals surface area contributed by atoms with E-state index in [0.29, 0.717) is 24.0 Å². The molecule has 3 rings (SSSR count). The SMILES string of the molecule is CCc1cccc(C(CC)CCNC(=O)c2ccc(-c3ccc(C)cc3)o2)c1. The molecule has 0 aliphatic carbocycles. The molecule has 0 bridgehead atoms. The fraction of sp³-hybridized carbons (Fsp3) is 0.320. The highest BCUT2D eigenvalue weighted by atomic mass is 16.3. The molecule has 0 radical (unpaired) electrons. The van der Waals surface area contributed by atoms with Crippen LogP contribution in [0.5, 0.6) is 0 Å². The summed E-state index contributed by atoms with van der Waals surface area (Å²) < 4.78 is 5.76. The summed E-state index contributed by atoms with van der Waals surface area (Å²) >= 11 is 0. The van der Waals surface area contributed by atoms with Gasteiger partial charge in [0.2, 0.25) is 0 Å². The number of amides is 1. The van der Waals surface area contributed by atoms with Crippen LogP contribution in [0.25, 0.3) is 11.3 Å². The van der Waals surface area contributed by atoms with Crippen molar-refractivity contribution in [1.82, 2.24) is 5.32 Å². The molecule has 1 atom stereocenters. The van der Waals surface area contributed by atoms with Gasteiger partial charge < -0.3 is 9.73 Å². The zero-order valence-corrected chi connectivity index (χ0v) is 17.0. The van der Waals surface area contributed by atoms with Gasteiger partial charge in [-0.15, -0.1) is 0 Å². The number of benzene rings is 2. The van der Waals surface area contributed by atoms with Gasteiger partial charge in [-0.2, -0.15) is 0 Å². The summed E-state index contributed by atoms with van der Waals surface area (Å²) in [7, 11) is 0. The Hall–Kier alpha value is -2.81. The van der Waals surface area contributed by atoms with Crippen LogP contribution in [-0.4, -0.2) is 12.5 Å². The number of furan rings is 1. The van der Waals surface area contributed by atoms with Gasteiger partial charge >= 0.3 is 0 Å². The van der Waals surface area contributed by atoms with E-state index in [4.69, 9.17) is 4.42 Å². The van der Waals surface area contributed by atoms with Crippen molar-refractivity contribution in [3.8, 4) is 11.3 Å². The summed E-state index contributed by atoms with van der Waals surface area (Å²) in [5, 5.41) is 3.00. The van der Waals surface area contributed by atoms with Crippen molar-refractivity contribution in [3.05, 3.63) is 83.1 Å². The summed E-state index contributed by atoms with van der Waals surface area (Å²) in [5.74, 6) is 1.37. The van der Waals surface area contributed by atoms with Crippen LogP contribution < -0.4 is 5.32 Å². The molecule has 1 amide bonds. The maximum atomic E-state index is 12.4. The Morgan fingerprint density at radius 1 is 1.04 bits per heavy atom. The maximum absolute atomic E-state index is 12.4. The Morgan fingerprint density at radius 2 is 1.82 bits per heavy atom. The molecule has 146 valence electrons. The molecule has 0 spiro atoms. The summed E-state index contributed by atoms with van der Waals surface area (Å²) in [5.41, 5.74) is 4.89. The van der Waals surface area contributed by atoms with Crippen molar-refractivity contribution in [2.45, 2.75) is 46.0 Å². The van der Waals surface area contributed by atoms with Crippen LogP contribution in [-0.2, 0) is 6.42 Å². The molecule has 0 fully saturated rings. The predicted octanol–water partition coefficient (Wildman–Crippen LogP) is 6.13. The third-order valence-electron chi connectivity index (χ3n) is 5.27. The maximum Gasteiger partial charge on any atom is 0.287 e. The van der Waals surface area contributed by atoms with Crippen LogP contribution >= 0.6 is 0 Å². The number of carbonyl (C=O) groups is 1. The molecule has 1 unspecified atom stereocenters. The van der Waals surface area contributed by atoms with Crippen LogP contribution in [0.2, 0.25) is 0 Å². The average Bonchev–Trinajstić information content (AvgIpc) is 3.22. The highest BCUT2D eigenvalue weighted by molar-refractivity contribution is 5.92. The van der Waals surface area contributed by atoms with Gasteiger partial charge in [0.05, 0.1) is 0 Å². The first-order valence-electron chi connectivity index (χ1n) is 10.1. The molecule has 3 heteroatoms. The molecule has 3 nitrogen and oxygen atoms in total. The molecule has 2 aromatic carbocycles. The lowest BCUT2D eigenvalue weighted by Crippen LogP contribution is -2.25. The van der Waals surface area contributed by atoms with Gasteiger partial charge in [0.15, 0.2) is 5.76 Å². The lowest BCUT2D eigenvalue weighted by atomic mass is 9.91. The Morgan fingerprint density at radius 3 is 2.54 bits per heavy atom. The third-order valence-corrected chi connectivity index (χ3v) is 5.27. The molecule has 3 aromatic rings. The van der Waals surface area contributed by atoms with Crippen LogP contribution in [0.15, 0.2) is 65.1 Å². The number of rotatable bonds is 8. The first-order valence-corrected chi connectivity index (χ1v) is 10.1.